The van der Waals surface area contributed by atoms with Crippen molar-refractivity contribution in [2.24, 2.45) is 0 Å². The average molecular weight is 393 g/mol. The Morgan fingerprint density at radius 1 is 0.897 bits per heavy atom. The number of nitrogens with one attached hydrogen (secondary N) is 2. The number of pyridine rings is 1. The van der Waals surface area contributed by atoms with Crippen LogP contribution in [0.25, 0.3) is 0 Å². The zero-order valence-electron chi connectivity index (χ0n) is 16.5. The summed E-state index contributed by atoms with van der Waals surface area (Å²) in [7, 11) is 3.11. The highest BCUT2D eigenvalue weighted by Gasteiger charge is 2.13. The molecule has 0 aliphatic carbocycles. The van der Waals surface area contributed by atoms with Crippen LogP contribution in [-0.2, 0) is 0 Å². The van der Waals surface area contributed by atoms with E-state index < -0.39 is 0 Å². The molecular weight excluding hydrogens is 370 g/mol. The van der Waals surface area contributed by atoms with Crippen LogP contribution in [0.4, 0.5) is 10.5 Å². The van der Waals surface area contributed by atoms with E-state index in [-0.39, 0.29) is 12.1 Å². The highest BCUT2D eigenvalue weighted by Crippen LogP contribution is 2.29. The van der Waals surface area contributed by atoms with Gasteiger partial charge >= 0.3 is 6.03 Å². The van der Waals surface area contributed by atoms with Crippen LogP contribution in [0.1, 0.15) is 18.5 Å². The number of amides is 2. The highest BCUT2D eigenvalue weighted by molar-refractivity contribution is 5.91. The molecule has 2 N–H and O–H groups in total. The zero-order chi connectivity index (χ0) is 20.6. The van der Waals surface area contributed by atoms with E-state index in [9.17, 15) is 4.79 Å². The van der Waals surface area contributed by atoms with E-state index in [0.717, 1.165) is 5.56 Å². The second-order valence-electron chi connectivity index (χ2n) is 6.24. The third-order valence-corrected chi connectivity index (χ3v) is 4.27. The Morgan fingerprint density at radius 2 is 1.55 bits per heavy atom. The number of anilines is 1. The minimum absolute atomic E-state index is 0.207. The Kier molecular flexibility index (Phi) is 6.52. The van der Waals surface area contributed by atoms with E-state index in [1.165, 1.54) is 0 Å². The number of aromatic nitrogens is 1. The van der Waals surface area contributed by atoms with Gasteiger partial charge in [0.1, 0.15) is 23.0 Å². The maximum Gasteiger partial charge on any atom is 0.319 e. The van der Waals surface area contributed by atoms with Crippen molar-refractivity contribution in [2.75, 3.05) is 19.5 Å². The monoisotopic (exact) mass is 393 g/mol. The van der Waals surface area contributed by atoms with Crippen LogP contribution in [0, 0.1) is 0 Å². The van der Waals surface area contributed by atoms with Gasteiger partial charge in [-0.05, 0) is 48.9 Å². The van der Waals surface area contributed by atoms with Crippen molar-refractivity contribution in [2.45, 2.75) is 13.0 Å². The molecule has 3 aromatic rings. The number of benzene rings is 2. The molecule has 7 nitrogen and oxygen atoms in total. The number of hydrogen-bond acceptors (Lipinski definition) is 5. The number of nitrogens with zero attached hydrogens (tertiary/aromatic N) is 1. The van der Waals surface area contributed by atoms with Crippen molar-refractivity contribution in [1.29, 1.82) is 0 Å². The Bertz CT molecular complexity index is 946. The molecule has 0 radical (unpaired) electrons. The molecule has 1 aromatic heterocycles. The molecule has 2 aromatic carbocycles. The first-order valence-corrected chi connectivity index (χ1v) is 9.06. The van der Waals surface area contributed by atoms with Gasteiger partial charge < -0.3 is 24.8 Å². The fraction of sp³-hybridized carbons (Fsp3) is 0.182. The maximum atomic E-state index is 12.4. The van der Waals surface area contributed by atoms with Gasteiger partial charge in [0.05, 0.1) is 25.9 Å². The lowest BCUT2D eigenvalue weighted by Crippen LogP contribution is -2.31. The number of carbonyl (C=O) groups excluding carboxylic acids is 1. The van der Waals surface area contributed by atoms with Crippen LogP contribution in [-0.4, -0.2) is 25.2 Å². The van der Waals surface area contributed by atoms with E-state index >= 15 is 0 Å². The lowest BCUT2D eigenvalue weighted by atomic mass is 10.1. The van der Waals surface area contributed by atoms with Crippen molar-refractivity contribution >= 4 is 11.7 Å². The topological polar surface area (TPSA) is 81.7 Å². The standard InChI is InChI=1S/C22H23N3O4/c1-15(16-4-6-17(7-5-16)29-18-10-12-23-13-11-18)24-22(26)25-20-14-19(27-2)8-9-21(20)28-3/h4-15H,1-3H3,(H2,24,25,26). The molecule has 1 atom stereocenters. The van der Waals surface area contributed by atoms with E-state index in [2.05, 4.69) is 15.6 Å². The Hall–Kier alpha value is -3.74. The van der Waals surface area contributed by atoms with Crippen molar-refractivity contribution in [3.8, 4) is 23.0 Å². The summed E-state index contributed by atoms with van der Waals surface area (Å²) in [6.07, 6.45) is 3.34. The van der Waals surface area contributed by atoms with Crippen molar-refractivity contribution in [3.05, 3.63) is 72.6 Å². The van der Waals surface area contributed by atoms with Gasteiger partial charge in [0, 0.05) is 18.5 Å². The van der Waals surface area contributed by atoms with Crippen molar-refractivity contribution in [1.82, 2.24) is 10.3 Å². The molecule has 0 bridgehead atoms. The normalized spacial score (nSPS) is 11.3. The molecule has 1 unspecified atom stereocenters. The van der Waals surface area contributed by atoms with E-state index in [1.807, 2.05) is 31.2 Å². The summed E-state index contributed by atoms with van der Waals surface area (Å²) < 4.78 is 16.2. The summed E-state index contributed by atoms with van der Waals surface area (Å²) in [5.74, 6) is 2.59. The summed E-state index contributed by atoms with van der Waals surface area (Å²) in [4.78, 5) is 16.4. The van der Waals surface area contributed by atoms with Crippen molar-refractivity contribution in [3.63, 3.8) is 0 Å². The second kappa shape index (κ2) is 9.45. The quantitative estimate of drug-likeness (QED) is 0.604. The van der Waals surface area contributed by atoms with Crippen LogP contribution in [0.2, 0.25) is 0 Å². The van der Waals surface area contributed by atoms with Gasteiger partial charge in [0.2, 0.25) is 0 Å². The van der Waals surface area contributed by atoms with Crippen LogP contribution >= 0.6 is 0 Å². The minimum atomic E-state index is -0.346. The first kappa shape index (κ1) is 20.0. The number of urea groups is 1. The fourth-order valence-corrected chi connectivity index (χ4v) is 2.72. The second-order valence-corrected chi connectivity index (χ2v) is 6.24. The van der Waals surface area contributed by atoms with Crippen LogP contribution < -0.4 is 24.8 Å². The minimum Gasteiger partial charge on any atom is -0.497 e. The first-order valence-electron chi connectivity index (χ1n) is 9.06. The smallest absolute Gasteiger partial charge is 0.319 e. The molecule has 3 rings (SSSR count). The Balaban J connectivity index is 1.61. The number of ether oxygens (including phenoxy) is 3. The summed E-state index contributed by atoms with van der Waals surface area (Å²) >= 11 is 0. The molecule has 0 aliphatic rings. The van der Waals surface area contributed by atoms with E-state index in [4.69, 9.17) is 14.2 Å². The van der Waals surface area contributed by atoms with E-state index in [1.54, 1.807) is 56.9 Å². The van der Waals surface area contributed by atoms with Crippen molar-refractivity contribution < 1.29 is 19.0 Å². The van der Waals surface area contributed by atoms with Gasteiger partial charge in [0.25, 0.3) is 0 Å². The summed E-state index contributed by atoms with van der Waals surface area (Å²) in [5.41, 5.74) is 1.47. The number of hydrogen-bond donors (Lipinski definition) is 2. The van der Waals surface area contributed by atoms with Crippen LogP contribution in [0.5, 0.6) is 23.0 Å². The third-order valence-electron chi connectivity index (χ3n) is 4.27. The summed E-state index contributed by atoms with van der Waals surface area (Å²) in [6.45, 7) is 1.90. The van der Waals surface area contributed by atoms with Gasteiger partial charge in [-0.3, -0.25) is 4.98 Å². The van der Waals surface area contributed by atoms with Gasteiger partial charge in [-0.2, -0.15) is 0 Å². The zero-order valence-corrected chi connectivity index (χ0v) is 16.5. The average Bonchev–Trinajstić information content (AvgIpc) is 2.74. The molecule has 0 fully saturated rings. The first-order chi connectivity index (χ1) is 14.1. The lowest BCUT2D eigenvalue weighted by Gasteiger charge is -2.17. The van der Waals surface area contributed by atoms with Gasteiger partial charge in [-0.1, -0.05) is 12.1 Å². The molecule has 0 saturated heterocycles. The predicted molar refractivity (Wildman–Crippen MR) is 111 cm³/mol. The summed E-state index contributed by atoms with van der Waals surface area (Å²) in [5, 5.41) is 5.70. The number of carbonyl (C=O) groups is 1. The SMILES string of the molecule is COc1ccc(OC)c(NC(=O)NC(C)c2ccc(Oc3ccncc3)cc2)c1. The lowest BCUT2D eigenvalue weighted by molar-refractivity contribution is 0.249. The van der Waals surface area contributed by atoms with Crippen LogP contribution in [0.3, 0.4) is 0 Å². The predicted octanol–water partition coefficient (Wildman–Crippen LogP) is 4.77. The molecule has 0 spiro atoms. The molecule has 7 heteroatoms. The molecule has 0 saturated carbocycles. The molecule has 0 aliphatic heterocycles. The van der Waals surface area contributed by atoms with Gasteiger partial charge in [-0.25, -0.2) is 4.79 Å². The molecule has 1 heterocycles. The van der Waals surface area contributed by atoms with Crippen LogP contribution in [0.15, 0.2) is 67.0 Å². The number of rotatable bonds is 7. The molecule has 150 valence electrons. The van der Waals surface area contributed by atoms with E-state index in [0.29, 0.717) is 28.7 Å². The maximum absolute atomic E-state index is 12.4. The number of methoxy groups -OCH3 is 2. The highest BCUT2D eigenvalue weighted by atomic mass is 16.5. The Labute approximate surface area is 169 Å². The third kappa shape index (κ3) is 5.38. The molecule has 2 amide bonds. The van der Waals surface area contributed by atoms with Gasteiger partial charge in [-0.15, -0.1) is 0 Å². The summed E-state index contributed by atoms with van der Waals surface area (Å²) in [6, 6.07) is 15.8. The largest absolute Gasteiger partial charge is 0.497 e. The molecular formula is C22H23N3O4. The Morgan fingerprint density at radius 3 is 2.21 bits per heavy atom. The van der Waals surface area contributed by atoms with Gasteiger partial charge in [0.15, 0.2) is 0 Å². The molecule has 29 heavy (non-hydrogen) atoms. The fourth-order valence-electron chi connectivity index (χ4n) is 2.72.